The Bertz CT molecular complexity index is 900. The SMILES string of the molecule is CCc1nc2cc(Cl)ccc2n1-c1ccc(C(C)CCC(=O)O)cc1. The number of nitrogens with zero attached hydrogens (tertiary/aromatic N) is 2. The summed E-state index contributed by atoms with van der Waals surface area (Å²) in [5.74, 6) is 0.456. The number of aromatic nitrogens is 2. The van der Waals surface area contributed by atoms with Crippen molar-refractivity contribution in [3.8, 4) is 5.69 Å². The molecule has 0 spiro atoms. The summed E-state index contributed by atoms with van der Waals surface area (Å²) in [7, 11) is 0. The molecule has 1 unspecified atom stereocenters. The Hall–Kier alpha value is -2.33. The van der Waals surface area contributed by atoms with Gasteiger partial charge in [-0.2, -0.15) is 0 Å². The zero-order valence-corrected chi connectivity index (χ0v) is 15.1. The topological polar surface area (TPSA) is 55.1 Å². The van der Waals surface area contributed by atoms with Crippen LogP contribution in [0.4, 0.5) is 0 Å². The van der Waals surface area contributed by atoms with Crippen LogP contribution in [0.5, 0.6) is 0 Å². The van der Waals surface area contributed by atoms with E-state index in [-0.39, 0.29) is 12.3 Å². The van der Waals surface area contributed by atoms with E-state index in [0.29, 0.717) is 11.4 Å². The zero-order valence-electron chi connectivity index (χ0n) is 14.4. The van der Waals surface area contributed by atoms with Crippen LogP contribution in [0.1, 0.15) is 44.0 Å². The molecular weight excluding hydrogens is 336 g/mol. The van der Waals surface area contributed by atoms with E-state index in [9.17, 15) is 4.79 Å². The number of halogens is 1. The molecule has 0 saturated heterocycles. The minimum absolute atomic E-state index is 0.190. The molecule has 0 saturated carbocycles. The molecule has 1 heterocycles. The Morgan fingerprint density at radius 1 is 1.24 bits per heavy atom. The Kier molecular flexibility index (Phi) is 5.09. The Labute approximate surface area is 152 Å². The van der Waals surface area contributed by atoms with Gasteiger partial charge in [0, 0.05) is 23.6 Å². The van der Waals surface area contributed by atoms with Crippen LogP contribution < -0.4 is 0 Å². The van der Waals surface area contributed by atoms with Gasteiger partial charge in [-0.3, -0.25) is 9.36 Å². The van der Waals surface area contributed by atoms with E-state index in [2.05, 4.69) is 47.7 Å². The van der Waals surface area contributed by atoms with Crippen molar-refractivity contribution in [3.05, 3.63) is 58.9 Å². The molecule has 3 aromatic rings. The third-order valence-corrected chi connectivity index (χ3v) is 4.75. The number of carbonyl (C=O) groups is 1. The number of aryl methyl sites for hydroxylation is 1. The summed E-state index contributed by atoms with van der Waals surface area (Å²) in [6.45, 7) is 4.14. The molecule has 0 bridgehead atoms. The lowest BCUT2D eigenvalue weighted by atomic mass is 9.96. The first-order valence-electron chi connectivity index (χ1n) is 8.48. The van der Waals surface area contributed by atoms with Crippen LogP contribution >= 0.6 is 11.6 Å². The Morgan fingerprint density at radius 3 is 2.60 bits per heavy atom. The highest BCUT2D eigenvalue weighted by Crippen LogP contribution is 2.27. The number of fused-ring (bicyclic) bond motifs is 1. The van der Waals surface area contributed by atoms with Gasteiger partial charge in [-0.05, 0) is 48.2 Å². The van der Waals surface area contributed by atoms with Gasteiger partial charge in [0.1, 0.15) is 5.82 Å². The van der Waals surface area contributed by atoms with Crippen molar-refractivity contribution in [2.24, 2.45) is 0 Å². The van der Waals surface area contributed by atoms with Crippen LogP contribution in [0, 0.1) is 0 Å². The second-order valence-electron chi connectivity index (χ2n) is 6.28. The fourth-order valence-corrected chi connectivity index (χ4v) is 3.25. The number of benzene rings is 2. The van der Waals surface area contributed by atoms with Gasteiger partial charge in [-0.1, -0.05) is 37.6 Å². The smallest absolute Gasteiger partial charge is 0.303 e. The normalized spacial score (nSPS) is 12.4. The molecule has 0 aliphatic carbocycles. The monoisotopic (exact) mass is 356 g/mol. The molecule has 0 aliphatic rings. The van der Waals surface area contributed by atoms with E-state index in [1.165, 1.54) is 0 Å². The van der Waals surface area contributed by atoms with E-state index in [0.717, 1.165) is 34.5 Å². The molecule has 0 radical (unpaired) electrons. The van der Waals surface area contributed by atoms with Crippen molar-refractivity contribution in [1.82, 2.24) is 9.55 Å². The molecule has 0 aliphatic heterocycles. The Balaban J connectivity index is 1.94. The largest absolute Gasteiger partial charge is 0.481 e. The maximum absolute atomic E-state index is 10.7. The van der Waals surface area contributed by atoms with Gasteiger partial charge >= 0.3 is 5.97 Å². The van der Waals surface area contributed by atoms with Gasteiger partial charge in [0.2, 0.25) is 0 Å². The summed E-state index contributed by atoms with van der Waals surface area (Å²) in [4.78, 5) is 15.4. The van der Waals surface area contributed by atoms with Gasteiger partial charge in [0.05, 0.1) is 11.0 Å². The highest BCUT2D eigenvalue weighted by atomic mass is 35.5. The fraction of sp³-hybridized carbons (Fsp3) is 0.300. The summed E-state index contributed by atoms with van der Waals surface area (Å²) < 4.78 is 2.15. The predicted molar refractivity (Wildman–Crippen MR) is 101 cm³/mol. The maximum atomic E-state index is 10.7. The van der Waals surface area contributed by atoms with Crippen LogP contribution in [-0.2, 0) is 11.2 Å². The number of imidazole rings is 1. The van der Waals surface area contributed by atoms with Crippen molar-refractivity contribution in [2.45, 2.75) is 39.0 Å². The van der Waals surface area contributed by atoms with Gasteiger partial charge in [-0.15, -0.1) is 0 Å². The van der Waals surface area contributed by atoms with Crippen molar-refractivity contribution < 1.29 is 9.90 Å². The first-order chi connectivity index (χ1) is 12.0. The highest BCUT2D eigenvalue weighted by molar-refractivity contribution is 6.31. The fourth-order valence-electron chi connectivity index (χ4n) is 3.09. The standard InChI is InChI=1S/C20H21ClN2O2/c1-3-19-22-17-12-15(21)7-10-18(17)23(19)16-8-5-14(6-9-16)13(2)4-11-20(24)25/h5-10,12-13H,3-4,11H2,1-2H3,(H,24,25). The first kappa shape index (κ1) is 17.5. The lowest BCUT2D eigenvalue weighted by molar-refractivity contribution is -0.137. The predicted octanol–water partition coefficient (Wildman–Crippen LogP) is 5.21. The van der Waals surface area contributed by atoms with Gasteiger partial charge in [-0.25, -0.2) is 4.98 Å². The van der Waals surface area contributed by atoms with Crippen molar-refractivity contribution in [3.63, 3.8) is 0 Å². The summed E-state index contributed by atoms with van der Waals surface area (Å²) in [6.07, 6.45) is 1.65. The second kappa shape index (κ2) is 7.28. The van der Waals surface area contributed by atoms with Crippen molar-refractivity contribution in [2.75, 3.05) is 0 Å². The number of hydrogen-bond donors (Lipinski definition) is 1. The molecule has 2 aromatic carbocycles. The molecule has 0 fully saturated rings. The van der Waals surface area contributed by atoms with Crippen molar-refractivity contribution >= 4 is 28.6 Å². The van der Waals surface area contributed by atoms with Crippen LogP contribution in [0.3, 0.4) is 0 Å². The molecule has 0 amide bonds. The highest BCUT2D eigenvalue weighted by Gasteiger charge is 2.13. The van der Waals surface area contributed by atoms with E-state index in [1.54, 1.807) is 0 Å². The second-order valence-corrected chi connectivity index (χ2v) is 6.71. The number of carboxylic acids is 1. The lowest BCUT2D eigenvalue weighted by Gasteiger charge is -2.13. The van der Waals surface area contributed by atoms with Crippen LogP contribution in [0.2, 0.25) is 5.02 Å². The third kappa shape index (κ3) is 3.69. The van der Waals surface area contributed by atoms with Gasteiger partial charge in [0.25, 0.3) is 0 Å². The average Bonchev–Trinajstić information content (AvgIpc) is 2.97. The van der Waals surface area contributed by atoms with Crippen molar-refractivity contribution in [1.29, 1.82) is 0 Å². The van der Waals surface area contributed by atoms with Gasteiger partial charge < -0.3 is 5.11 Å². The number of rotatable bonds is 6. The van der Waals surface area contributed by atoms with Crippen LogP contribution in [0.25, 0.3) is 16.7 Å². The molecule has 5 heteroatoms. The van der Waals surface area contributed by atoms with E-state index >= 15 is 0 Å². The molecule has 1 atom stereocenters. The molecular formula is C20H21ClN2O2. The summed E-state index contributed by atoms with van der Waals surface area (Å²) in [5, 5.41) is 9.52. The third-order valence-electron chi connectivity index (χ3n) is 4.51. The maximum Gasteiger partial charge on any atom is 0.303 e. The zero-order chi connectivity index (χ0) is 18.0. The molecule has 1 N–H and O–H groups in total. The van der Waals surface area contributed by atoms with Crippen LogP contribution in [0.15, 0.2) is 42.5 Å². The molecule has 4 nitrogen and oxygen atoms in total. The quantitative estimate of drug-likeness (QED) is 0.659. The number of aliphatic carboxylic acids is 1. The van der Waals surface area contributed by atoms with Gasteiger partial charge in [0.15, 0.2) is 0 Å². The molecule has 25 heavy (non-hydrogen) atoms. The number of carboxylic acid groups (broad SMARTS) is 1. The molecule has 3 rings (SSSR count). The minimum Gasteiger partial charge on any atom is -0.481 e. The Morgan fingerprint density at radius 2 is 1.96 bits per heavy atom. The average molecular weight is 357 g/mol. The van der Waals surface area contributed by atoms with E-state index < -0.39 is 5.97 Å². The lowest BCUT2D eigenvalue weighted by Crippen LogP contribution is -2.02. The van der Waals surface area contributed by atoms with E-state index in [4.69, 9.17) is 16.7 Å². The van der Waals surface area contributed by atoms with E-state index in [1.807, 2.05) is 18.2 Å². The molecule has 1 aromatic heterocycles. The number of hydrogen-bond acceptors (Lipinski definition) is 2. The summed E-state index contributed by atoms with van der Waals surface area (Å²) >= 11 is 6.09. The summed E-state index contributed by atoms with van der Waals surface area (Å²) in [6, 6.07) is 14.0. The summed E-state index contributed by atoms with van der Waals surface area (Å²) in [5.41, 5.74) is 4.13. The minimum atomic E-state index is -0.750. The van der Waals surface area contributed by atoms with Crippen LogP contribution in [-0.4, -0.2) is 20.6 Å². The first-order valence-corrected chi connectivity index (χ1v) is 8.86. The molecule has 130 valence electrons.